The smallest absolute Gasteiger partial charge is 0.227 e. The van der Waals surface area contributed by atoms with E-state index in [1.54, 1.807) is 18.3 Å². The van der Waals surface area contributed by atoms with Crippen LogP contribution in [0.4, 0.5) is 17.5 Å². The lowest BCUT2D eigenvalue weighted by Gasteiger charge is -2.17. The van der Waals surface area contributed by atoms with E-state index in [4.69, 9.17) is 23.2 Å². The molecular formula is C15H18Cl2N4. The van der Waals surface area contributed by atoms with E-state index < -0.39 is 0 Å². The molecule has 0 unspecified atom stereocenters. The fourth-order valence-corrected chi connectivity index (χ4v) is 2.18. The second-order valence-electron chi connectivity index (χ2n) is 4.74. The number of nitrogens with one attached hydrogen (secondary N) is 1. The minimum Gasteiger partial charge on any atom is -0.344 e. The Kier molecular flexibility index (Phi) is 5.65. The van der Waals surface area contributed by atoms with Gasteiger partial charge in [-0.25, -0.2) is 4.98 Å². The number of benzene rings is 1. The summed E-state index contributed by atoms with van der Waals surface area (Å²) in [4.78, 5) is 10.8. The summed E-state index contributed by atoms with van der Waals surface area (Å²) in [7, 11) is 1.99. The number of rotatable bonds is 6. The maximum Gasteiger partial charge on any atom is 0.227 e. The summed E-state index contributed by atoms with van der Waals surface area (Å²) in [6, 6.07) is 7.25. The molecule has 0 amide bonds. The quantitative estimate of drug-likeness (QED) is 0.831. The molecule has 1 N–H and O–H groups in total. The molecule has 0 aliphatic heterocycles. The SMILES string of the molecule is CCCCN(C)c1nccc(Nc2cccc(Cl)c2Cl)n1. The van der Waals surface area contributed by atoms with Gasteiger partial charge in [-0.1, -0.05) is 42.6 Å². The molecule has 0 bridgehead atoms. The topological polar surface area (TPSA) is 41.1 Å². The van der Waals surface area contributed by atoms with Crippen LogP contribution in [-0.4, -0.2) is 23.6 Å². The summed E-state index contributed by atoms with van der Waals surface area (Å²) in [5.41, 5.74) is 0.727. The molecule has 0 aliphatic rings. The lowest BCUT2D eigenvalue weighted by Crippen LogP contribution is -2.21. The molecule has 6 heteroatoms. The summed E-state index contributed by atoms with van der Waals surface area (Å²) in [5, 5.41) is 4.17. The van der Waals surface area contributed by atoms with Gasteiger partial charge in [0.2, 0.25) is 5.95 Å². The molecule has 112 valence electrons. The van der Waals surface area contributed by atoms with Crippen LogP contribution in [0.25, 0.3) is 0 Å². The minimum absolute atomic E-state index is 0.485. The van der Waals surface area contributed by atoms with Crippen molar-refractivity contribution in [2.75, 3.05) is 23.8 Å². The van der Waals surface area contributed by atoms with Gasteiger partial charge in [0, 0.05) is 19.8 Å². The van der Waals surface area contributed by atoms with E-state index in [-0.39, 0.29) is 0 Å². The van der Waals surface area contributed by atoms with Crippen molar-refractivity contribution in [3.05, 3.63) is 40.5 Å². The third-order valence-electron chi connectivity index (χ3n) is 3.05. The van der Waals surface area contributed by atoms with Crippen LogP contribution in [0.15, 0.2) is 30.5 Å². The highest BCUT2D eigenvalue weighted by atomic mass is 35.5. The standard InChI is InChI=1S/C15H18Cl2N4/c1-3-4-10-21(2)15-18-9-8-13(20-15)19-12-7-5-6-11(16)14(12)17/h5-9H,3-4,10H2,1-2H3,(H,18,19,20). The van der Waals surface area contributed by atoms with Crippen molar-refractivity contribution in [2.45, 2.75) is 19.8 Å². The van der Waals surface area contributed by atoms with Gasteiger partial charge < -0.3 is 10.2 Å². The molecule has 1 aromatic heterocycles. The van der Waals surface area contributed by atoms with Crippen LogP contribution in [0.1, 0.15) is 19.8 Å². The number of hydrogen-bond donors (Lipinski definition) is 1. The Morgan fingerprint density at radius 1 is 1.24 bits per heavy atom. The highest BCUT2D eigenvalue weighted by molar-refractivity contribution is 6.43. The van der Waals surface area contributed by atoms with E-state index in [1.807, 2.05) is 24.1 Å². The summed E-state index contributed by atoms with van der Waals surface area (Å²) in [5.74, 6) is 1.37. The van der Waals surface area contributed by atoms with Crippen LogP contribution in [0.2, 0.25) is 10.0 Å². The third-order valence-corrected chi connectivity index (χ3v) is 3.86. The molecule has 4 nitrogen and oxygen atoms in total. The van der Waals surface area contributed by atoms with Gasteiger partial charge in [0.25, 0.3) is 0 Å². The van der Waals surface area contributed by atoms with E-state index in [2.05, 4.69) is 22.2 Å². The van der Waals surface area contributed by atoms with Crippen molar-refractivity contribution >= 4 is 40.7 Å². The zero-order chi connectivity index (χ0) is 15.2. The molecule has 0 saturated carbocycles. The molecule has 0 radical (unpaired) electrons. The second-order valence-corrected chi connectivity index (χ2v) is 5.53. The number of anilines is 3. The monoisotopic (exact) mass is 324 g/mol. The summed E-state index contributed by atoms with van der Waals surface area (Å²) < 4.78 is 0. The fourth-order valence-electron chi connectivity index (χ4n) is 1.84. The number of unbranched alkanes of at least 4 members (excludes halogenated alkanes) is 1. The van der Waals surface area contributed by atoms with Gasteiger partial charge in [-0.15, -0.1) is 0 Å². The lowest BCUT2D eigenvalue weighted by atomic mass is 10.3. The molecule has 0 aliphatic carbocycles. The van der Waals surface area contributed by atoms with Crippen LogP contribution in [0.3, 0.4) is 0 Å². The summed E-state index contributed by atoms with van der Waals surface area (Å²) in [6.07, 6.45) is 3.98. The van der Waals surface area contributed by atoms with Crippen LogP contribution in [0.5, 0.6) is 0 Å². The van der Waals surface area contributed by atoms with Crippen molar-refractivity contribution in [1.29, 1.82) is 0 Å². The lowest BCUT2D eigenvalue weighted by molar-refractivity contribution is 0.750. The Morgan fingerprint density at radius 3 is 2.81 bits per heavy atom. The minimum atomic E-state index is 0.485. The molecule has 1 aromatic carbocycles. The largest absolute Gasteiger partial charge is 0.344 e. The first-order valence-electron chi connectivity index (χ1n) is 6.87. The van der Waals surface area contributed by atoms with Crippen LogP contribution < -0.4 is 10.2 Å². The Labute approximate surface area is 135 Å². The van der Waals surface area contributed by atoms with E-state index in [0.717, 1.165) is 25.1 Å². The first-order chi connectivity index (χ1) is 10.1. The highest BCUT2D eigenvalue weighted by Crippen LogP contribution is 2.31. The normalized spacial score (nSPS) is 10.5. The van der Waals surface area contributed by atoms with Gasteiger partial charge in [0.05, 0.1) is 15.7 Å². The third kappa shape index (κ3) is 4.22. The number of halogens is 2. The van der Waals surface area contributed by atoms with Gasteiger partial charge in [0.1, 0.15) is 5.82 Å². The van der Waals surface area contributed by atoms with E-state index in [0.29, 0.717) is 21.8 Å². The van der Waals surface area contributed by atoms with Crippen LogP contribution >= 0.6 is 23.2 Å². The molecule has 0 saturated heterocycles. The second kappa shape index (κ2) is 7.48. The maximum absolute atomic E-state index is 6.17. The molecule has 1 heterocycles. The van der Waals surface area contributed by atoms with E-state index >= 15 is 0 Å². The number of hydrogen-bond acceptors (Lipinski definition) is 4. The Bertz CT molecular complexity index is 604. The Morgan fingerprint density at radius 2 is 2.05 bits per heavy atom. The maximum atomic E-state index is 6.17. The average Bonchev–Trinajstić information content (AvgIpc) is 2.50. The molecule has 0 fully saturated rings. The molecule has 21 heavy (non-hydrogen) atoms. The fraction of sp³-hybridized carbons (Fsp3) is 0.333. The molecule has 2 rings (SSSR count). The Hall–Kier alpha value is -1.52. The van der Waals surface area contributed by atoms with E-state index in [9.17, 15) is 0 Å². The van der Waals surface area contributed by atoms with Crippen molar-refractivity contribution in [3.8, 4) is 0 Å². The van der Waals surface area contributed by atoms with Crippen LogP contribution in [0, 0.1) is 0 Å². The van der Waals surface area contributed by atoms with Gasteiger partial charge in [-0.3, -0.25) is 0 Å². The predicted octanol–water partition coefficient (Wildman–Crippen LogP) is 4.76. The predicted molar refractivity (Wildman–Crippen MR) is 90.0 cm³/mol. The van der Waals surface area contributed by atoms with Crippen molar-refractivity contribution < 1.29 is 0 Å². The van der Waals surface area contributed by atoms with Gasteiger partial charge in [0.15, 0.2) is 0 Å². The molecule has 2 aromatic rings. The first kappa shape index (κ1) is 15.9. The molecule has 0 atom stereocenters. The number of nitrogens with zero attached hydrogens (tertiary/aromatic N) is 3. The van der Waals surface area contributed by atoms with Gasteiger partial charge in [-0.05, 0) is 24.6 Å². The average molecular weight is 325 g/mol. The van der Waals surface area contributed by atoms with Crippen LogP contribution in [-0.2, 0) is 0 Å². The van der Waals surface area contributed by atoms with Crippen molar-refractivity contribution in [1.82, 2.24) is 9.97 Å². The van der Waals surface area contributed by atoms with Crippen molar-refractivity contribution in [3.63, 3.8) is 0 Å². The molecule has 0 spiro atoms. The first-order valence-corrected chi connectivity index (χ1v) is 7.62. The zero-order valence-corrected chi connectivity index (χ0v) is 13.6. The Balaban J connectivity index is 2.16. The number of aromatic nitrogens is 2. The van der Waals surface area contributed by atoms with E-state index in [1.165, 1.54) is 0 Å². The van der Waals surface area contributed by atoms with Gasteiger partial charge in [-0.2, -0.15) is 4.98 Å². The summed E-state index contributed by atoms with van der Waals surface area (Å²) in [6.45, 7) is 3.09. The summed E-state index contributed by atoms with van der Waals surface area (Å²) >= 11 is 12.2. The molecular weight excluding hydrogens is 307 g/mol. The zero-order valence-electron chi connectivity index (χ0n) is 12.1. The van der Waals surface area contributed by atoms with Gasteiger partial charge >= 0.3 is 0 Å². The van der Waals surface area contributed by atoms with Crippen molar-refractivity contribution in [2.24, 2.45) is 0 Å². The highest BCUT2D eigenvalue weighted by Gasteiger charge is 2.08.